The molecule has 1 atom stereocenters. The van der Waals surface area contributed by atoms with Crippen molar-refractivity contribution in [3.8, 4) is 0 Å². The lowest BCUT2D eigenvalue weighted by atomic mass is 10.1. The first-order chi connectivity index (χ1) is 8.80. The average Bonchev–Trinajstić information content (AvgIpc) is 2.33. The highest BCUT2D eigenvalue weighted by molar-refractivity contribution is 5.74. The van der Waals surface area contributed by atoms with Gasteiger partial charge in [-0.3, -0.25) is 4.79 Å². The topological polar surface area (TPSA) is 96.9 Å². The number of carboxylic acids is 1. The van der Waals surface area contributed by atoms with Crippen LogP contribution in [-0.4, -0.2) is 55.6 Å². The zero-order valence-corrected chi connectivity index (χ0v) is 12.0. The molecule has 19 heavy (non-hydrogen) atoms. The number of carboxylic acid groups (broad SMARTS) is 1. The van der Waals surface area contributed by atoms with Crippen LogP contribution in [0.1, 0.15) is 27.2 Å². The maximum atomic E-state index is 11.5. The van der Waals surface area contributed by atoms with Gasteiger partial charge in [0.05, 0.1) is 18.1 Å². The number of aliphatic carboxylic acids is 1. The Labute approximate surface area is 113 Å². The molecule has 3 N–H and O–H groups in total. The van der Waals surface area contributed by atoms with Crippen LogP contribution in [0.25, 0.3) is 0 Å². The molecule has 0 aromatic heterocycles. The third-order valence-electron chi connectivity index (χ3n) is 2.52. The molecule has 2 amide bonds. The highest BCUT2D eigenvalue weighted by atomic mass is 16.5. The fourth-order valence-electron chi connectivity index (χ4n) is 1.25. The molecule has 7 heteroatoms. The van der Waals surface area contributed by atoms with Crippen LogP contribution in [0.3, 0.4) is 0 Å². The number of ether oxygens (including phenoxy) is 2. The lowest BCUT2D eigenvalue weighted by Gasteiger charge is -2.23. The van der Waals surface area contributed by atoms with Crippen molar-refractivity contribution in [3.05, 3.63) is 0 Å². The first kappa shape index (κ1) is 17.7. The van der Waals surface area contributed by atoms with Gasteiger partial charge in [0.1, 0.15) is 0 Å². The molecule has 0 fully saturated rings. The monoisotopic (exact) mass is 276 g/mol. The van der Waals surface area contributed by atoms with Crippen LogP contribution >= 0.6 is 0 Å². The highest BCUT2D eigenvalue weighted by Gasteiger charge is 2.18. The number of rotatable bonds is 9. The number of amides is 2. The molecular formula is C12H24N2O5. The van der Waals surface area contributed by atoms with Gasteiger partial charge in [0.25, 0.3) is 0 Å². The van der Waals surface area contributed by atoms with Crippen LogP contribution < -0.4 is 10.6 Å². The Bertz CT molecular complexity index is 294. The van der Waals surface area contributed by atoms with E-state index in [-0.39, 0.29) is 19.0 Å². The third kappa shape index (κ3) is 9.26. The molecule has 0 aromatic carbocycles. The van der Waals surface area contributed by atoms with Gasteiger partial charge in [-0.05, 0) is 20.8 Å². The van der Waals surface area contributed by atoms with Crippen LogP contribution in [0.2, 0.25) is 0 Å². The molecule has 7 nitrogen and oxygen atoms in total. The third-order valence-corrected chi connectivity index (χ3v) is 2.52. The lowest BCUT2D eigenvalue weighted by molar-refractivity contribution is -0.140. The van der Waals surface area contributed by atoms with Crippen molar-refractivity contribution in [1.82, 2.24) is 10.6 Å². The quantitative estimate of drug-likeness (QED) is 0.572. The summed E-state index contributed by atoms with van der Waals surface area (Å²) in [5, 5.41) is 13.9. The Balaban J connectivity index is 4.01. The number of carbonyl (C=O) groups is 2. The van der Waals surface area contributed by atoms with Crippen molar-refractivity contribution in [2.24, 2.45) is 0 Å². The number of methoxy groups -OCH3 is 1. The minimum atomic E-state index is -0.957. The second kappa shape index (κ2) is 8.71. The van der Waals surface area contributed by atoms with Gasteiger partial charge < -0.3 is 25.2 Å². The standard InChI is InChI=1S/C12H24N2O5/c1-5-19-9(6-10(15)16)7-13-11(17)14-8-12(2,3)18-4/h9H,5-8H2,1-4H3,(H,15,16)(H2,13,14,17). The zero-order valence-electron chi connectivity index (χ0n) is 12.0. The van der Waals surface area contributed by atoms with E-state index in [0.29, 0.717) is 13.2 Å². The molecule has 0 spiro atoms. The molecule has 0 bridgehead atoms. The summed E-state index contributed by atoms with van der Waals surface area (Å²) >= 11 is 0. The lowest BCUT2D eigenvalue weighted by Crippen LogP contribution is -2.46. The largest absolute Gasteiger partial charge is 0.481 e. The van der Waals surface area contributed by atoms with Gasteiger partial charge in [0.15, 0.2) is 0 Å². The molecule has 1 unspecified atom stereocenters. The minimum Gasteiger partial charge on any atom is -0.481 e. The van der Waals surface area contributed by atoms with Crippen molar-refractivity contribution in [1.29, 1.82) is 0 Å². The van der Waals surface area contributed by atoms with Gasteiger partial charge in [0.2, 0.25) is 0 Å². The van der Waals surface area contributed by atoms with Gasteiger partial charge in [-0.25, -0.2) is 4.79 Å². The van der Waals surface area contributed by atoms with Crippen molar-refractivity contribution < 1.29 is 24.2 Å². The van der Waals surface area contributed by atoms with E-state index in [4.69, 9.17) is 14.6 Å². The van der Waals surface area contributed by atoms with E-state index in [2.05, 4.69) is 10.6 Å². The summed E-state index contributed by atoms with van der Waals surface area (Å²) in [4.78, 5) is 22.1. The molecule has 0 rings (SSSR count). The summed E-state index contributed by atoms with van der Waals surface area (Å²) < 4.78 is 10.4. The van der Waals surface area contributed by atoms with Gasteiger partial charge in [0, 0.05) is 26.8 Å². The fraction of sp³-hybridized carbons (Fsp3) is 0.833. The first-order valence-corrected chi connectivity index (χ1v) is 6.21. The van der Waals surface area contributed by atoms with Gasteiger partial charge in [-0.15, -0.1) is 0 Å². The van der Waals surface area contributed by atoms with Crippen LogP contribution in [-0.2, 0) is 14.3 Å². The van der Waals surface area contributed by atoms with Crippen molar-refractivity contribution in [3.63, 3.8) is 0 Å². The molecule has 0 saturated heterocycles. The molecule has 0 aliphatic heterocycles. The maximum absolute atomic E-state index is 11.5. The van der Waals surface area contributed by atoms with E-state index in [9.17, 15) is 9.59 Å². The average molecular weight is 276 g/mol. The Hall–Kier alpha value is -1.34. The van der Waals surface area contributed by atoms with E-state index in [0.717, 1.165) is 0 Å². The molecule has 0 aliphatic rings. The predicted molar refractivity (Wildman–Crippen MR) is 70.2 cm³/mol. The molecular weight excluding hydrogens is 252 g/mol. The Kier molecular flexibility index (Phi) is 8.09. The van der Waals surface area contributed by atoms with E-state index < -0.39 is 17.7 Å². The van der Waals surface area contributed by atoms with Crippen molar-refractivity contribution in [2.45, 2.75) is 38.9 Å². The second-order valence-corrected chi connectivity index (χ2v) is 4.70. The number of hydrogen-bond acceptors (Lipinski definition) is 4. The number of nitrogens with one attached hydrogen (secondary N) is 2. The van der Waals surface area contributed by atoms with Gasteiger partial charge >= 0.3 is 12.0 Å². The summed E-state index contributed by atoms with van der Waals surface area (Å²) in [7, 11) is 1.57. The summed E-state index contributed by atoms with van der Waals surface area (Å²) in [6, 6.07) is -0.375. The van der Waals surface area contributed by atoms with E-state index in [1.165, 1.54) is 0 Å². The fourth-order valence-corrected chi connectivity index (χ4v) is 1.25. The molecule has 0 radical (unpaired) electrons. The second-order valence-electron chi connectivity index (χ2n) is 4.70. The summed E-state index contributed by atoms with van der Waals surface area (Å²) in [5.74, 6) is -0.957. The van der Waals surface area contributed by atoms with Gasteiger partial charge in [-0.2, -0.15) is 0 Å². The minimum absolute atomic E-state index is 0.141. The van der Waals surface area contributed by atoms with Crippen LogP contribution in [0.15, 0.2) is 0 Å². The molecule has 0 aromatic rings. The summed E-state index contributed by atoms with van der Waals surface area (Å²) in [6.45, 7) is 6.38. The smallest absolute Gasteiger partial charge is 0.314 e. The van der Waals surface area contributed by atoms with Crippen molar-refractivity contribution >= 4 is 12.0 Å². The van der Waals surface area contributed by atoms with Crippen LogP contribution in [0.4, 0.5) is 4.79 Å². The van der Waals surface area contributed by atoms with E-state index >= 15 is 0 Å². The normalized spacial score (nSPS) is 12.8. The maximum Gasteiger partial charge on any atom is 0.314 e. The zero-order chi connectivity index (χ0) is 14.9. The van der Waals surface area contributed by atoms with Crippen LogP contribution in [0, 0.1) is 0 Å². The Morgan fingerprint density at radius 1 is 1.32 bits per heavy atom. The number of hydrogen-bond donors (Lipinski definition) is 3. The van der Waals surface area contributed by atoms with Crippen LogP contribution in [0.5, 0.6) is 0 Å². The molecule has 0 heterocycles. The van der Waals surface area contributed by atoms with E-state index in [1.54, 1.807) is 14.0 Å². The summed E-state index contributed by atoms with van der Waals surface area (Å²) in [5.41, 5.74) is -0.447. The first-order valence-electron chi connectivity index (χ1n) is 6.21. The van der Waals surface area contributed by atoms with E-state index in [1.807, 2.05) is 13.8 Å². The number of urea groups is 1. The molecule has 0 aliphatic carbocycles. The van der Waals surface area contributed by atoms with Gasteiger partial charge in [-0.1, -0.05) is 0 Å². The molecule has 112 valence electrons. The predicted octanol–water partition coefficient (Wildman–Crippen LogP) is 0.590. The summed E-state index contributed by atoms with van der Waals surface area (Å²) in [6.07, 6.45) is -0.666. The Morgan fingerprint density at radius 3 is 2.42 bits per heavy atom. The number of carbonyl (C=O) groups excluding carboxylic acids is 1. The Morgan fingerprint density at radius 2 is 1.95 bits per heavy atom. The molecule has 0 saturated carbocycles. The SMILES string of the molecule is CCOC(CNC(=O)NCC(C)(C)OC)CC(=O)O. The van der Waals surface area contributed by atoms with Crippen molar-refractivity contribution in [2.75, 3.05) is 26.8 Å². The highest BCUT2D eigenvalue weighted by Crippen LogP contribution is 2.04.